The van der Waals surface area contributed by atoms with Crippen LogP contribution in [0.15, 0.2) is 0 Å². The van der Waals surface area contributed by atoms with E-state index in [-0.39, 0.29) is 0 Å². The Labute approximate surface area is 89.7 Å². The lowest BCUT2D eigenvalue weighted by Crippen LogP contribution is -3.07. The zero-order valence-corrected chi connectivity index (χ0v) is 10.3. The molecular formula is C11H27N3. The Kier molecular flexibility index (Phi) is 8.14. The summed E-state index contributed by atoms with van der Waals surface area (Å²) in [6.45, 7) is 4.72. The maximum atomic E-state index is 4.11. The monoisotopic (exact) mass is 201 g/mol. The summed E-state index contributed by atoms with van der Waals surface area (Å²) in [5.74, 6) is 0. The van der Waals surface area contributed by atoms with Gasteiger partial charge < -0.3 is 14.7 Å². The average Bonchev–Trinajstić information content (AvgIpc) is 2.02. The first kappa shape index (κ1) is 13.9. The van der Waals surface area contributed by atoms with Gasteiger partial charge in [-0.05, 0) is 28.2 Å². The van der Waals surface area contributed by atoms with Gasteiger partial charge in [0.15, 0.2) is 0 Å². The third-order valence-electron chi connectivity index (χ3n) is 2.27. The lowest BCUT2D eigenvalue weighted by molar-refractivity contribution is -0.854. The first-order chi connectivity index (χ1) is 6.52. The molecule has 0 unspecified atom stereocenters. The SMILES string of the molecule is [CH2-][NH+](CCCN(C)C)CCCN(C)C. The first-order valence-electron chi connectivity index (χ1n) is 5.48. The minimum Gasteiger partial charge on any atom is -0.468 e. The molecule has 0 aromatic rings. The molecule has 1 N–H and O–H groups in total. The fourth-order valence-corrected chi connectivity index (χ4v) is 1.42. The Morgan fingerprint density at radius 3 is 1.50 bits per heavy atom. The smallest absolute Gasteiger partial charge is 0.0542 e. The Morgan fingerprint density at radius 1 is 0.857 bits per heavy atom. The molecule has 0 saturated heterocycles. The molecule has 0 aromatic carbocycles. The van der Waals surface area contributed by atoms with E-state index in [0.29, 0.717) is 0 Å². The van der Waals surface area contributed by atoms with Crippen LogP contribution in [-0.4, -0.2) is 64.2 Å². The molecule has 0 heterocycles. The van der Waals surface area contributed by atoms with Crippen LogP contribution in [0.4, 0.5) is 0 Å². The maximum absolute atomic E-state index is 4.11. The second-order valence-electron chi connectivity index (χ2n) is 4.56. The van der Waals surface area contributed by atoms with Gasteiger partial charge in [0.05, 0.1) is 13.1 Å². The number of nitrogens with zero attached hydrogens (tertiary/aromatic N) is 2. The van der Waals surface area contributed by atoms with Gasteiger partial charge in [0.2, 0.25) is 0 Å². The summed E-state index contributed by atoms with van der Waals surface area (Å²) in [5, 5.41) is 0. The van der Waals surface area contributed by atoms with E-state index in [1.165, 1.54) is 43.9 Å². The van der Waals surface area contributed by atoms with Crippen LogP contribution >= 0.6 is 0 Å². The van der Waals surface area contributed by atoms with E-state index in [1.54, 1.807) is 0 Å². The molecule has 0 radical (unpaired) electrons. The maximum Gasteiger partial charge on any atom is 0.0542 e. The van der Waals surface area contributed by atoms with Crippen LogP contribution in [0.25, 0.3) is 0 Å². The van der Waals surface area contributed by atoms with Crippen molar-refractivity contribution in [3.05, 3.63) is 7.05 Å². The number of quaternary nitrogens is 1. The van der Waals surface area contributed by atoms with Crippen LogP contribution in [-0.2, 0) is 0 Å². The van der Waals surface area contributed by atoms with Crippen LogP contribution in [0.5, 0.6) is 0 Å². The topological polar surface area (TPSA) is 10.9 Å². The molecule has 0 aliphatic carbocycles. The van der Waals surface area contributed by atoms with E-state index < -0.39 is 0 Å². The molecule has 0 aliphatic rings. The lowest BCUT2D eigenvalue weighted by atomic mass is 10.3. The molecule has 0 spiro atoms. The van der Waals surface area contributed by atoms with Crippen LogP contribution in [0.2, 0.25) is 0 Å². The van der Waals surface area contributed by atoms with E-state index in [1.807, 2.05) is 0 Å². The van der Waals surface area contributed by atoms with Gasteiger partial charge in [-0.15, -0.1) is 0 Å². The van der Waals surface area contributed by atoms with Gasteiger partial charge in [0, 0.05) is 25.9 Å². The van der Waals surface area contributed by atoms with Crippen LogP contribution < -0.4 is 4.90 Å². The Morgan fingerprint density at radius 2 is 1.21 bits per heavy atom. The van der Waals surface area contributed by atoms with Gasteiger partial charge in [0.1, 0.15) is 0 Å². The number of rotatable bonds is 8. The summed E-state index contributed by atoms with van der Waals surface area (Å²) in [6.07, 6.45) is 2.49. The van der Waals surface area contributed by atoms with Crippen molar-refractivity contribution in [2.24, 2.45) is 0 Å². The minimum atomic E-state index is 1.17. The van der Waals surface area contributed by atoms with Gasteiger partial charge in [-0.25, -0.2) is 0 Å². The molecule has 86 valence electrons. The van der Waals surface area contributed by atoms with Crippen molar-refractivity contribution in [2.45, 2.75) is 12.8 Å². The van der Waals surface area contributed by atoms with Crippen molar-refractivity contribution < 1.29 is 4.90 Å². The molecule has 3 heteroatoms. The van der Waals surface area contributed by atoms with Gasteiger partial charge >= 0.3 is 0 Å². The standard InChI is InChI=1S/C11H27N3/c1-12(2)8-6-10-14(5)11-7-9-13(3)4/h14H,5-11H2,1-4H3. The highest BCUT2D eigenvalue weighted by molar-refractivity contribution is 4.44. The number of hydrogen-bond donors (Lipinski definition) is 1. The molecule has 0 rings (SSSR count). The lowest BCUT2D eigenvalue weighted by Gasteiger charge is -2.22. The van der Waals surface area contributed by atoms with E-state index in [2.05, 4.69) is 45.0 Å². The highest BCUT2D eigenvalue weighted by atomic mass is 15.1. The van der Waals surface area contributed by atoms with Gasteiger partial charge in [-0.1, -0.05) is 0 Å². The molecule has 0 aliphatic heterocycles. The van der Waals surface area contributed by atoms with Crippen LogP contribution in [0.3, 0.4) is 0 Å². The molecule has 14 heavy (non-hydrogen) atoms. The summed E-state index contributed by atoms with van der Waals surface area (Å²) in [4.78, 5) is 5.87. The second kappa shape index (κ2) is 8.21. The van der Waals surface area contributed by atoms with E-state index in [4.69, 9.17) is 0 Å². The quantitative estimate of drug-likeness (QED) is 0.534. The largest absolute Gasteiger partial charge is 0.468 e. The predicted molar refractivity (Wildman–Crippen MR) is 62.4 cm³/mol. The Bertz CT molecular complexity index is 110. The molecule has 3 nitrogen and oxygen atoms in total. The van der Waals surface area contributed by atoms with Crippen molar-refractivity contribution in [3.8, 4) is 0 Å². The predicted octanol–water partition coefficient (Wildman–Crippen LogP) is -0.434. The fraction of sp³-hybridized carbons (Fsp3) is 0.909. The second-order valence-corrected chi connectivity index (χ2v) is 4.56. The van der Waals surface area contributed by atoms with Gasteiger partial charge in [-0.2, -0.15) is 7.05 Å². The summed E-state index contributed by atoms with van der Waals surface area (Å²) in [6, 6.07) is 0. The highest BCUT2D eigenvalue weighted by Crippen LogP contribution is 1.80. The van der Waals surface area contributed by atoms with Crippen LogP contribution in [0, 0.1) is 7.05 Å². The number of nitrogens with one attached hydrogen (secondary N) is 1. The Balaban J connectivity index is 3.23. The summed E-state index contributed by atoms with van der Waals surface area (Å²) >= 11 is 0. The van der Waals surface area contributed by atoms with Crippen molar-refractivity contribution in [1.82, 2.24) is 9.80 Å². The summed E-state index contributed by atoms with van der Waals surface area (Å²) in [7, 11) is 12.6. The highest BCUT2D eigenvalue weighted by Gasteiger charge is 1.98. The van der Waals surface area contributed by atoms with Gasteiger partial charge in [0.25, 0.3) is 0 Å². The van der Waals surface area contributed by atoms with E-state index in [9.17, 15) is 0 Å². The van der Waals surface area contributed by atoms with Crippen molar-refractivity contribution in [3.63, 3.8) is 0 Å². The molecular weight excluding hydrogens is 174 g/mol. The zero-order chi connectivity index (χ0) is 11.0. The van der Waals surface area contributed by atoms with Crippen molar-refractivity contribution >= 4 is 0 Å². The molecule has 0 amide bonds. The minimum absolute atomic E-state index is 1.17. The third-order valence-corrected chi connectivity index (χ3v) is 2.27. The van der Waals surface area contributed by atoms with E-state index in [0.717, 1.165) is 0 Å². The molecule has 0 bridgehead atoms. The zero-order valence-electron chi connectivity index (χ0n) is 10.3. The Hall–Kier alpha value is -0.120. The molecule has 0 saturated carbocycles. The first-order valence-corrected chi connectivity index (χ1v) is 5.48. The summed E-state index contributed by atoms with van der Waals surface area (Å²) in [5.41, 5.74) is 0. The molecule has 0 fully saturated rings. The van der Waals surface area contributed by atoms with Crippen LogP contribution in [0.1, 0.15) is 12.8 Å². The van der Waals surface area contributed by atoms with Crippen molar-refractivity contribution in [2.75, 3.05) is 54.4 Å². The fourth-order valence-electron chi connectivity index (χ4n) is 1.42. The van der Waals surface area contributed by atoms with Gasteiger partial charge in [-0.3, -0.25) is 0 Å². The average molecular weight is 201 g/mol. The normalized spacial score (nSPS) is 12.0. The van der Waals surface area contributed by atoms with Crippen molar-refractivity contribution in [1.29, 1.82) is 0 Å². The molecule has 0 atom stereocenters. The molecule has 0 aromatic heterocycles. The third kappa shape index (κ3) is 9.96. The summed E-state index contributed by atoms with van der Waals surface area (Å²) < 4.78 is 0. The van der Waals surface area contributed by atoms with E-state index >= 15 is 0 Å². The number of hydrogen-bond acceptors (Lipinski definition) is 2.